The predicted octanol–water partition coefficient (Wildman–Crippen LogP) is 3.72. The minimum absolute atomic E-state index is 0.291. The first-order valence-electron chi connectivity index (χ1n) is 6.68. The Hall–Kier alpha value is -2.40. The number of hydrogen-bond acceptors (Lipinski definition) is 2. The van der Waals surface area contributed by atoms with E-state index in [1.54, 1.807) is 7.11 Å². The summed E-state index contributed by atoms with van der Waals surface area (Å²) in [7, 11) is 1.70. The van der Waals surface area contributed by atoms with Gasteiger partial charge >= 0.3 is 0 Å². The topological polar surface area (TPSA) is 21.3 Å². The van der Waals surface area contributed by atoms with Crippen molar-refractivity contribution in [1.82, 2.24) is 0 Å². The molecule has 0 aliphatic heterocycles. The van der Waals surface area contributed by atoms with E-state index < -0.39 is 0 Å². The van der Waals surface area contributed by atoms with Gasteiger partial charge in [-0.3, -0.25) is 0 Å². The molecule has 20 heavy (non-hydrogen) atoms. The first-order chi connectivity index (χ1) is 9.72. The van der Waals surface area contributed by atoms with E-state index >= 15 is 0 Å². The third kappa shape index (κ3) is 3.55. The Labute approximate surface area is 120 Å². The molecule has 0 radical (unpaired) electrons. The predicted molar refractivity (Wildman–Crippen MR) is 84.2 cm³/mol. The monoisotopic (exact) mass is 265 g/mol. The second kappa shape index (κ2) is 6.68. The normalized spacial score (nSPS) is 11.4. The number of benzene rings is 2. The van der Waals surface area contributed by atoms with Crippen molar-refractivity contribution >= 4 is 5.69 Å². The van der Waals surface area contributed by atoms with Crippen LogP contribution in [-0.4, -0.2) is 13.2 Å². The third-order valence-electron chi connectivity index (χ3n) is 3.16. The quantitative estimate of drug-likeness (QED) is 0.832. The van der Waals surface area contributed by atoms with Gasteiger partial charge in [0.2, 0.25) is 0 Å². The van der Waals surface area contributed by atoms with Crippen molar-refractivity contribution in [1.29, 1.82) is 0 Å². The number of anilines is 1. The zero-order valence-electron chi connectivity index (χ0n) is 11.9. The van der Waals surface area contributed by atoms with Crippen LogP contribution in [0.5, 0.6) is 5.75 Å². The summed E-state index contributed by atoms with van der Waals surface area (Å²) in [5.74, 6) is 3.58. The number of para-hydroxylation sites is 1. The smallest absolute Gasteiger partial charge is 0.122 e. The van der Waals surface area contributed by atoms with E-state index in [1.807, 2.05) is 42.5 Å². The van der Waals surface area contributed by atoms with Crippen molar-refractivity contribution in [3.8, 4) is 18.1 Å². The van der Waals surface area contributed by atoms with Crippen LogP contribution < -0.4 is 10.1 Å². The number of ether oxygens (including phenoxy) is 1. The minimum Gasteiger partial charge on any atom is -0.496 e. The van der Waals surface area contributed by atoms with Gasteiger partial charge < -0.3 is 10.1 Å². The standard InChI is InChI=1S/C18H19NO/c1-4-15-8-7-10-17(13-15)19-14(2)12-16-9-5-6-11-18(16)20-3/h1,5-11,13-14,19H,12H2,2-3H3. The lowest BCUT2D eigenvalue weighted by Gasteiger charge is -2.17. The SMILES string of the molecule is C#Cc1cccc(NC(C)Cc2ccccc2OC)c1. The summed E-state index contributed by atoms with van der Waals surface area (Å²) in [5.41, 5.74) is 3.13. The summed E-state index contributed by atoms with van der Waals surface area (Å²) < 4.78 is 5.38. The fourth-order valence-electron chi connectivity index (χ4n) is 2.24. The number of nitrogens with one attached hydrogen (secondary N) is 1. The highest BCUT2D eigenvalue weighted by molar-refractivity contribution is 5.50. The van der Waals surface area contributed by atoms with Crippen LogP contribution in [0, 0.1) is 12.3 Å². The van der Waals surface area contributed by atoms with Crippen LogP contribution in [0.4, 0.5) is 5.69 Å². The maximum atomic E-state index is 5.42. The summed E-state index contributed by atoms with van der Waals surface area (Å²) >= 11 is 0. The second-order valence-electron chi connectivity index (χ2n) is 4.79. The molecule has 0 fully saturated rings. The fourth-order valence-corrected chi connectivity index (χ4v) is 2.24. The van der Waals surface area contributed by atoms with Gasteiger partial charge in [-0.25, -0.2) is 0 Å². The molecule has 2 aromatic rings. The average Bonchev–Trinajstić information content (AvgIpc) is 2.48. The van der Waals surface area contributed by atoms with Crippen molar-refractivity contribution in [2.75, 3.05) is 12.4 Å². The van der Waals surface area contributed by atoms with E-state index in [2.05, 4.69) is 24.2 Å². The van der Waals surface area contributed by atoms with Crippen LogP contribution in [-0.2, 0) is 6.42 Å². The van der Waals surface area contributed by atoms with Gasteiger partial charge in [0.1, 0.15) is 5.75 Å². The van der Waals surface area contributed by atoms with Crippen LogP contribution in [0.2, 0.25) is 0 Å². The van der Waals surface area contributed by atoms with Gasteiger partial charge in [0.15, 0.2) is 0 Å². The van der Waals surface area contributed by atoms with Crippen LogP contribution in [0.25, 0.3) is 0 Å². The molecule has 0 spiro atoms. The highest BCUT2D eigenvalue weighted by atomic mass is 16.5. The summed E-state index contributed by atoms with van der Waals surface area (Å²) in [6, 6.07) is 16.3. The molecule has 1 atom stereocenters. The molecule has 102 valence electrons. The van der Waals surface area contributed by atoms with Crippen LogP contribution in [0.15, 0.2) is 48.5 Å². The first-order valence-corrected chi connectivity index (χ1v) is 6.68. The molecule has 0 heterocycles. The highest BCUT2D eigenvalue weighted by Crippen LogP contribution is 2.20. The van der Waals surface area contributed by atoms with Gasteiger partial charge in [-0.05, 0) is 43.2 Å². The Morgan fingerprint density at radius 2 is 2.00 bits per heavy atom. The van der Waals surface area contributed by atoms with E-state index in [4.69, 9.17) is 11.2 Å². The maximum absolute atomic E-state index is 5.42. The molecule has 2 aromatic carbocycles. The lowest BCUT2D eigenvalue weighted by Crippen LogP contribution is -2.18. The van der Waals surface area contributed by atoms with Gasteiger partial charge in [-0.1, -0.05) is 30.2 Å². The van der Waals surface area contributed by atoms with Gasteiger partial charge in [0.25, 0.3) is 0 Å². The largest absolute Gasteiger partial charge is 0.496 e. The summed E-state index contributed by atoms with van der Waals surface area (Å²) in [5, 5.41) is 3.47. The summed E-state index contributed by atoms with van der Waals surface area (Å²) in [6.45, 7) is 2.15. The van der Waals surface area contributed by atoms with Crippen LogP contribution >= 0.6 is 0 Å². The Balaban J connectivity index is 2.05. The molecule has 2 rings (SSSR count). The van der Waals surface area contributed by atoms with E-state index in [1.165, 1.54) is 5.56 Å². The van der Waals surface area contributed by atoms with Crippen molar-refractivity contribution in [3.63, 3.8) is 0 Å². The van der Waals surface area contributed by atoms with Crippen molar-refractivity contribution in [2.24, 2.45) is 0 Å². The molecule has 0 saturated carbocycles. The van der Waals surface area contributed by atoms with Gasteiger partial charge in [-0.15, -0.1) is 6.42 Å². The molecule has 1 N–H and O–H groups in total. The minimum atomic E-state index is 0.291. The number of hydrogen-bond donors (Lipinski definition) is 1. The Bertz CT molecular complexity index is 613. The molecule has 0 aromatic heterocycles. The summed E-state index contributed by atoms with van der Waals surface area (Å²) in [6.07, 6.45) is 6.31. The van der Waals surface area contributed by atoms with Crippen LogP contribution in [0.3, 0.4) is 0 Å². The molecule has 0 amide bonds. The van der Waals surface area contributed by atoms with Crippen molar-refractivity contribution in [3.05, 3.63) is 59.7 Å². The third-order valence-corrected chi connectivity index (χ3v) is 3.16. The Kier molecular flexibility index (Phi) is 4.68. The lowest BCUT2D eigenvalue weighted by molar-refractivity contribution is 0.409. The molecular formula is C18H19NO. The molecule has 2 nitrogen and oxygen atoms in total. The number of terminal acetylenes is 1. The maximum Gasteiger partial charge on any atom is 0.122 e. The highest BCUT2D eigenvalue weighted by Gasteiger charge is 2.08. The van der Waals surface area contributed by atoms with Crippen LogP contribution in [0.1, 0.15) is 18.1 Å². The second-order valence-corrected chi connectivity index (χ2v) is 4.79. The number of rotatable bonds is 5. The molecule has 0 aliphatic carbocycles. The first kappa shape index (κ1) is 14.0. The molecule has 2 heteroatoms. The number of methoxy groups -OCH3 is 1. The zero-order chi connectivity index (χ0) is 14.4. The van der Waals surface area contributed by atoms with Gasteiger partial charge in [0, 0.05) is 17.3 Å². The molecule has 0 saturated heterocycles. The van der Waals surface area contributed by atoms with Gasteiger partial charge in [0.05, 0.1) is 7.11 Å². The fraction of sp³-hybridized carbons (Fsp3) is 0.222. The molecule has 1 unspecified atom stereocenters. The average molecular weight is 265 g/mol. The van der Waals surface area contributed by atoms with E-state index in [0.717, 1.165) is 23.4 Å². The molecule has 0 aliphatic rings. The van der Waals surface area contributed by atoms with Gasteiger partial charge in [-0.2, -0.15) is 0 Å². The summed E-state index contributed by atoms with van der Waals surface area (Å²) in [4.78, 5) is 0. The molecular weight excluding hydrogens is 246 g/mol. The lowest BCUT2D eigenvalue weighted by atomic mass is 10.1. The zero-order valence-corrected chi connectivity index (χ0v) is 11.9. The van der Waals surface area contributed by atoms with Crippen molar-refractivity contribution in [2.45, 2.75) is 19.4 Å². The Morgan fingerprint density at radius 3 is 2.75 bits per heavy atom. The Morgan fingerprint density at radius 1 is 1.20 bits per heavy atom. The van der Waals surface area contributed by atoms with E-state index in [9.17, 15) is 0 Å². The molecule has 0 bridgehead atoms. The van der Waals surface area contributed by atoms with E-state index in [-0.39, 0.29) is 0 Å². The van der Waals surface area contributed by atoms with Crippen molar-refractivity contribution < 1.29 is 4.74 Å². The van der Waals surface area contributed by atoms with E-state index in [0.29, 0.717) is 6.04 Å².